The van der Waals surface area contributed by atoms with Crippen LogP contribution >= 0.6 is 0 Å². The summed E-state index contributed by atoms with van der Waals surface area (Å²) < 4.78 is 10.7. The summed E-state index contributed by atoms with van der Waals surface area (Å²) in [5, 5.41) is 4.14. The molecule has 1 aliphatic rings. The van der Waals surface area contributed by atoms with Gasteiger partial charge in [0.2, 0.25) is 17.6 Å². The van der Waals surface area contributed by atoms with Gasteiger partial charge in [0.05, 0.1) is 13.0 Å². The zero-order valence-corrected chi connectivity index (χ0v) is 17.5. The topological polar surface area (TPSA) is 68.5 Å². The average Bonchev–Trinajstić information content (AvgIpc) is 3.31. The largest absolute Gasteiger partial charge is 0.497 e. The van der Waals surface area contributed by atoms with Gasteiger partial charge >= 0.3 is 0 Å². The van der Waals surface area contributed by atoms with Crippen LogP contribution in [0.25, 0.3) is 11.4 Å². The molecule has 156 valence electrons. The molecule has 1 fully saturated rings. The number of amides is 1. The summed E-state index contributed by atoms with van der Waals surface area (Å²) in [5.41, 5.74) is 1.99. The van der Waals surface area contributed by atoms with Crippen LogP contribution in [-0.2, 0) is 4.79 Å². The third-order valence-electron chi connectivity index (χ3n) is 5.85. The van der Waals surface area contributed by atoms with E-state index in [9.17, 15) is 4.79 Å². The van der Waals surface area contributed by atoms with Crippen molar-refractivity contribution in [3.8, 4) is 17.1 Å². The Morgan fingerprint density at radius 1 is 1.13 bits per heavy atom. The maximum Gasteiger partial charge on any atom is 0.230 e. The van der Waals surface area contributed by atoms with Crippen LogP contribution in [-0.4, -0.2) is 41.1 Å². The molecule has 1 aromatic heterocycles. The van der Waals surface area contributed by atoms with E-state index in [2.05, 4.69) is 17.1 Å². The number of aromatic nitrogens is 2. The van der Waals surface area contributed by atoms with Gasteiger partial charge in [-0.25, -0.2) is 0 Å². The van der Waals surface area contributed by atoms with Crippen molar-refractivity contribution < 1.29 is 14.1 Å². The number of piperidine rings is 1. The maximum atomic E-state index is 13.1. The molecule has 4 rings (SSSR count). The predicted molar refractivity (Wildman–Crippen MR) is 114 cm³/mol. The highest BCUT2D eigenvalue weighted by atomic mass is 16.5. The lowest BCUT2D eigenvalue weighted by Crippen LogP contribution is -2.40. The van der Waals surface area contributed by atoms with E-state index in [1.165, 1.54) is 0 Å². The first-order valence-electron chi connectivity index (χ1n) is 10.5. The lowest BCUT2D eigenvalue weighted by Gasteiger charge is -2.33. The van der Waals surface area contributed by atoms with E-state index < -0.39 is 0 Å². The lowest BCUT2D eigenvalue weighted by atomic mass is 9.92. The molecule has 1 atom stereocenters. The summed E-state index contributed by atoms with van der Waals surface area (Å²) in [6.07, 6.45) is 2.47. The Kier molecular flexibility index (Phi) is 6.12. The third kappa shape index (κ3) is 4.22. The van der Waals surface area contributed by atoms with Crippen LogP contribution in [0.4, 0.5) is 0 Å². The molecule has 1 amide bonds. The molecule has 2 heterocycles. The van der Waals surface area contributed by atoms with Crippen molar-refractivity contribution >= 4 is 5.91 Å². The van der Waals surface area contributed by atoms with Crippen LogP contribution < -0.4 is 4.74 Å². The van der Waals surface area contributed by atoms with Gasteiger partial charge in [-0.15, -0.1) is 0 Å². The highest BCUT2D eigenvalue weighted by molar-refractivity contribution is 5.83. The number of methoxy groups -OCH3 is 1. The van der Waals surface area contributed by atoms with E-state index in [0.717, 1.165) is 36.1 Å². The van der Waals surface area contributed by atoms with Gasteiger partial charge in [0.15, 0.2) is 0 Å². The molecule has 1 unspecified atom stereocenters. The van der Waals surface area contributed by atoms with E-state index in [1.54, 1.807) is 7.11 Å². The molecule has 1 saturated heterocycles. The smallest absolute Gasteiger partial charge is 0.230 e. The molecule has 1 aliphatic heterocycles. The zero-order valence-electron chi connectivity index (χ0n) is 17.5. The third-order valence-corrected chi connectivity index (χ3v) is 5.85. The standard InChI is InChI=1S/C24H27N3O3/c1-3-21(17-7-5-4-6-8-17)24(28)27-15-13-19(14-16-27)23-25-22(26-30-23)18-9-11-20(29-2)12-10-18/h4-12,19,21H,3,13-16H2,1-2H3. The zero-order chi connectivity index (χ0) is 20.9. The van der Waals surface area contributed by atoms with Crippen molar-refractivity contribution in [1.29, 1.82) is 0 Å². The molecule has 0 aliphatic carbocycles. The Hall–Kier alpha value is -3.15. The maximum absolute atomic E-state index is 13.1. The van der Waals surface area contributed by atoms with E-state index in [4.69, 9.17) is 9.26 Å². The number of ether oxygens (including phenoxy) is 1. The molecule has 2 aromatic carbocycles. The summed E-state index contributed by atoms with van der Waals surface area (Å²) in [4.78, 5) is 19.7. The van der Waals surface area contributed by atoms with Crippen LogP contribution in [0.3, 0.4) is 0 Å². The van der Waals surface area contributed by atoms with Gasteiger partial charge in [-0.1, -0.05) is 42.4 Å². The quantitative estimate of drug-likeness (QED) is 0.597. The van der Waals surface area contributed by atoms with E-state index in [0.29, 0.717) is 24.8 Å². The van der Waals surface area contributed by atoms with Crippen LogP contribution in [0.5, 0.6) is 5.75 Å². The summed E-state index contributed by atoms with van der Waals surface area (Å²) in [5.74, 6) is 2.36. The van der Waals surface area contributed by atoms with Gasteiger partial charge in [-0.05, 0) is 49.1 Å². The Morgan fingerprint density at radius 2 is 1.83 bits per heavy atom. The van der Waals surface area contributed by atoms with Crippen LogP contribution in [0.15, 0.2) is 59.1 Å². The second kappa shape index (κ2) is 9.11. The number of nitrogens with zero attached hydrogens (tertiary/aromatic N) is 3. The Morgan fingerprint density at radius 3 is 2.47 bits per heavy atom. The Balaban J connectivity index is 1.38. The minimum Gasteiger partial charge on any atom is -0.497 e. The van der Waals surface area contributed by atoms with Crippen molar-refractivity contribution in [1.82, 2.24) is 15.0 Å². The van der Waals surface area contributed by atoms with Gasteiger partial charge in [-0.2, -0.15) is 4.98 Å². The fourth-order valence-electron chi connectivity index (χ4n) is 4.06. The Labute approximate surface area is 176 Å². The monoisotopic (exact) mass is 405 g/mol. The molecule has 6 nitrogen and oxygen atoms in total. The molecular weight excluding hydrogens is 378 g/mol. The molecule has 6 heteroatoms. The first kappa shape index (κ1) is 20.1. The summed E-state index contributed by atoms with van der Waals surface area (Å²) in [6, 6.07) is 17.7. The van der Waals surface area contributed by atoms with E-state index >= 15 is 0 Å². The molecule has 0 N–H and O–H groups in total. The molecule has 0 radical (unpaired) electrons. The molecular formula is C24H27N3O3. The van der Waals surface area contributed by atoms with E-state index in [-0.39, 0.29) is 17.7 Å². The molecule has 30 heavy (non-hydrogen) atoms. The van der Waals surface area contributed by atoms with Gasteiger partial charge < -0.3 is 14.2 Å². The van der Waals surface area contributed by atoms with Gasteiger partial charge in [0.1, 0.15) is 5.75 Å². The number of carbonyl (C=O) groups is 1. The highest BCUT2D eigenvalue weighted by Crippen LogP contribution is 2.31. The van der Waals surface area contributed by atoms with Crippen LogP contribution in [0, 0.1) is 0 Å². The fourth-order valence-corrected chi connectivity index (χ4v) is 4.06. The molecule has 0 saturated carbocycles. The number of likely N-dealkylation sites (tertiary alicyclic amines) is 1. The molecule has 0 bridgehead atoms. The summed E-state index contributed by atoms with van der Waals surface area (Å²) in [7, 11) is 1.64. The van der Waals surface area contributed by atoms with Crippen LogP contribution in [0.2, 0.25) is 0 Å². The summed E-state index contributed by atoms with van der Waals surface area (Å²) in [6.45, 7) is 3.50. The number of carbonyl (C=O) groups excluding carboxylic acids is 1. The van der Waals surface area contributed by atoms with Gasteiger partial charge in [-0.3, -0.25) is 4.79 Å². The van der Waals surface area contributed by atoms with Crippen molar-refractivity contribution in [2.75, 3.05) is 20.2 Å². The van der Waals surface area contributed by atoms with Crippen molar-refractivity contribution in [3.63, 3.8) is 0 Å². The van der Waals surface area contributed by atoms with Crippen LogP contribution in [0.1, 0.15) is 49.5 Å². The minimum absolute atomic E-state index is 0.0761. The Bertz CT molecular complexity index is 961. The fraction of sp³-hybridized carbons (Fsp3) is 0.375. The number of hydrogen-bond acceptors (Lipinski definition) is 5. The van der Waals surface area contributed by atoms with Crippen molar-refractivity contribution in [2.24, 2.45) is 0 Å². The summed E-state index contributed by atoms with van der Waals surface area (Å²) >= 11 is 0. The average molecular weight is 405 g/mol. The number of rotatable bonds is 6. The normalized spacial score (nSPS) is 15.7. The SMILES string of the molecule is CCC(C(=O)N1CCC(c2nc(-c3ccc(OC)cc3)no2)CC1)c1ccccc1. The number of benzene rings is 2. The highest BCUT2D eigenvalue weighted by Gasteiger charge is 2.31. The van der Waals surface area contributed by atoms with Gasteiger partial charge in [0, 0.05) is 24.6 Å². The van der Waals surface area contributed by atoms with E-state index in [1.807, 2.05) is 59.5 Å². The van der Waals surface area contributed by atoms with Crippen molar-refractivity contribution in [2.45, 2.75) is 38.0 Å². The lowest BCUT2D eigenvalue weighted by molar-refractivity contribution is -0.134. The first-order chi connectivity index (χ1) is 14.7. The predicted octanol–water partition coefficient (Wildman–Crippen LogP) is 4.65. The van der Waals surface area contributed by atoms with Gasteiger partial charge in [0.25, 0.3) is 0 Å². The second-order valence-electron chi connectivity index (χ2n) is 7.66. The minimum atomic E-state index is -0.0761. The van der Waals surface area contributed by atoms with Crippen molar-refractivity contribution in [3.05, 3.63) is 66.1 Å². The molecule has 3 aromatic rings. The second-order valence-corrected chi connectivity index (χ2v) is 7.66. The number of hydrogen-bond donors (Lipinski definition) is 0. The molecule has 0 spiro atoms. The first-order valence-corrected chi connectivity index (χ1v) is 10.5.